The molecule has 0 radical (unpaired) electrons. The van der Waals surface area contributed by atoms with Gasteiger partial charge < -0.3 is 10.5 Å². The predicted octanol–water partition coefficient (Wildman–Crippen LogP) is 2.83. The SMILES string of the molecule is COC(=O)CCSCc1c(N)cccc1Br. The molecule has 3 nitrogen and oxygen atoms in total. The molecule has 0 aliphatic heterocycles. The van der Waals surface area contributed by atoms with Crippen molar-refractivity contribution < 1.29 is 9.53 Å². The largest absolute Gasteiger partial charge is 0.469 e. The van der Waals surface area contributed by atoms with Gasteiger partial charge in [0.05, 0.1) is 13.5 Å². The van der Waals surface area contributed by atoms with Gasteiger partial charge in [0, 0.05) is 21.7 Å². The molecule has 2 N–H and O–H groups in total. The molecule has 0 aromatic heterocycles. The molecule has 16 heavy (non-hydrogen) atoms. The molecule has 0 heterocycles. The number of halogens is 1. The van der Waals surface area contributed by atoms with Crippen molar-refractivity contribution in [1.82, 2.24) is 0 Å². The molecule has 0 atom stereocenters. The lowest BCUT2D eigenvalue weighted by Gasteiger charge is -2.07. The van der Waals surface area contributed by atoms with Crippen LogP contribution in [0.2, 0.25) is 0 Å². The lowest BCUT2D eigenvalue weighted by atomic mass is 10.2. The minimum absolute atomic E-state index is 0.174. The molecule has 0 aliphatic carbocycles. The number of benzene rings is 1. The molecule has 88 valence electrons. The van der Waals surface area contributed by atoms with E-state index in [0.29, 0.717) is 6.42 Å². The van der Waals surface area contributed by atoms with Gasteiger partial charge in [-0.3, -0.25) is 4.79 Å². The second-order valence-electron chi connectivity index (χ2n) is 3.19. The van der Waals surface area contributed by atoms with Crippen molar-refractivity contribution in [3.8, 4) is 0 Å². The van der Waals surface area contributed by atoms with Crippen molar-refractivity contribution in [2.75, 3.05) is 18.6 Å². The van der Waals surface area contributed by atoms with Gasteiger partial charge >= 0.3 is 5.97 Å². The van der Waals surface area contributed by atoms with Crippen LogP contribution in [0, 0.1) is 0 Å². The van der Waals surface area contributed by atoms with E-state index in [1.54, 1.807) is 11.8 Å². The van der Waals surface area contributed by atoms with E-state index < -0.39 is 0 Å². The van der Waals surface area contributed by atoms with E-state index in [2.05, 4.69) is 20.7 Å². The first-order chi connectivity index (χ1) is 7.65. The molecule has 0 saturated carbocycles. The minimum Gasteiger partial charge on any atom is -0.469 e. The van der Waals surface area contributed by atoms with Gasteiger partial charge in [0.15, 0.2) is 0 Å². The summed E-state index contributed by atoms with van der Waals surface area (Å²) < 4.78 is 5.58. The Labute approximate surface area is 108 Å². The zero-order valence-corrected chi connectivity index (χ0v) is 11.4. The first-order valence-corrected chi connectivity index (χ1v) is 6.77. The molecule has 0 bridgehead atoms. The molecule has 1 rings (SSSR count). The van der Waals surface area contributed by atoms with Crippen molar-refractivity contribution in [3.05, 3.63) is 28.2 Å². The summed E-state index contributed by atoms with van der Waals surface area (Å²) >= 11 is 5.12. The molecule has 0 fully saturated rings. The number of anilines is 1. The van der Waals surface area contributed by atoms with E-state index in [0.717, 1.165) is 27.2 Å². The Morgan fingerprint density at radius 1 is 1.56 bits per heavy atom. The maximum Gasteiger partial charge on any atom is 0.306 e. The number of hydrogen-bond donors (Lipinski definition) is 1. The smallest absolute Gasteiger partial charge is 0.306 e. The van der Waals surface area contributed by atoms with E-state index >= 15 is 0 Å². The van der Waals surface area contributed by atoms with Crippen LogP contribution < -0.4 is 5.73 Å². The third kappa shape index (κ3) is 4.06. The molecule has 0 aliphatic rings. The molecule has 0 unspecified atom stereocenters. The van der Waals surface area contributed by atoms with Crippen LogP contribution >= 0.6 is 27.7 Å². The fraction of sp³-hybridized carbons (Fsp3) is 0.364. The molecule has 5 heteroatoms. The summed E-state index contributed by atoms with van der Waals surface area (Å²) in [6.45, 7) is 0. The normalized spacial score (nSPS) is 10.1. The first kappa shape index (κ1) is 13.4. The highest BCUT2D eigenvalue weighted by molar-refractivity contribution is 9.10. The van der Waals surface area contributed by atoms with Crippen molar-refractivity contribution >= 4 is 39.3 Å². The number of nitrogen functional groups attached to an aromatic ring is 1. The number of thioether (sulfide) groups is 1. The maximum absolute atomic E-state index is 10.9. The van der Waals surface area contributed by atoms with Crippen molar-refractivity contribution in [2.24, 2.45) is 0 Å². The summed E-state index contributed by atoms with van der Waals surface area (Å²) in [5.74, 6) is 1.37. The van der Waals surface area contributed by atoms with Gasteiger partial charge in [-0.1, -0.05) is 22.0 Å². The molecule has 0 amide bonds. The number of rotatable bonds is 5. The molecular weight excluding hydrogens is 290 g/mol. The monoisotopic (exact) mass is 303 g/mol. The standard InChI is InChI=1S/C11H14BrNO2S/c1-15-11(14)5-6-16-7-8-9(12)3-2-4-10(8)13/h2-4H,5-7,13H2,1H3. The minimum atomic E-state index is -0.174. The molecule has 0 spiro atoms. The van der Waals surface area contributed by atoms with Crippen molar-refractivity contribution in [3.63, 3.8) is 0 Å². The highest BCUT2D eigenvalue weighted by Crippen LogP contribution is 2.26. The average Bonchev–Trinajstić information content (AvgIpc) is 2.27. The van der Waals surface area contributed by atoms with Crippen LogP contribution in [0.5, 0.6) is 0 Å². The second kappa shape index (κ2) is 6.81. The van der Waals surface area contributed by atoms with Crippen LogP contribution in [0.25, 0.3) is 0 Å². The highest BCUT2D eigenvalue weighted by Gasteiger charge is 2.05. The zero-order valence-electron chi connectivity index (χ0n) is 9.03. The van der Waals surface area contributed by atoms with Crippen LogP contribution in [0.15, 0.2) is 22.7 Å². The second-order valence-corrected chi connectivity index (χ2v) is 5.15. The fourth-order valence-electron chi connectivity index (χ4n) is 1.16. The number of carbonyl (C=O) groups is 1. The van der Waals surface area contributed by atoms with Crippen LogP contribution in [0.3, 0.4) is 0 Å². The van der Waals surface area contributed by atoms with Crippen LogP contribution in [0.4, 0.5) is 5.69 Å². The molecule has 1 aromatic carbocycles. The van der Waals surface area contributed by atoms with Crippen molar-refractivity contribution in [1.29, 1.82) is 0 Å². The number of nitrogens with two attached hydrogens (primary N) is 1. The number of carbonyl (C=O) groups excluding carboxylic acids is 1. The number of methoxy groups -OCH3 is 1. The van der Waals surface area contributed by atoms with Gasteiger partial charge in [-0.15, -0.1) is 0 Å². The van der Waals surface area contributed by atoms with Crippen molar-refractivity contribution in [2.45, 2.75) is 12.2 Å². The van der Waals surface area contributed by atoms with Crippen LogP contribution in [0.1, 0.15) is 12.0 Å². The van der Waals surface area contributed by atoms with E-state index in [-0.39, 0.29) is 5.97 Å². The van der Waals surface area contributed by atoms with Gasteiger partial charge in [0.25, 0.3) is 0 Å². The average molecular weight is 304 g/mol. The van der Waals surface area contributed by atoms with Gasteiger partial charge in [-0.05, 0) is 17.7 Å². The number of ether oxygens (including phenoxy) is 1. The lowest BCUT2D eigenvalue weighted by molar-refractivity contribution is -0.140. The summed E-state index contributed by atoms with van der Waals surface area (Å²) in [7, 11) is 1.40. The van der Waals surface area contributed by atoms with Crippen LogP contribution in [-0.2, 0) is 15.3 Å². The van der Waals surface area contributed by atoms with Crippen LogP contribution in [-0.4, -0.2) is 18.8 Å². The Kier molecular flexibility index (Phi) is 5.69. The molecular formula is C11H14BrNO2S. The van der Waals surface area contributed by atoms with Gasteiger partial charge in [0.2, 0.25) is 0 Å². The first-order valence-electron chi connectivity index (χ1n) is 4.82. The lowest BCUT2D eigenvalue weighted by Crippen LogP contribution is -2.01. The highest BCUT2D eigenvalue weighted by atomic mass is 79.9. The van der Waals surface area contributed by atoms with E-state index in [1.807, 2.05) is 18.2 Å². The molecule has 0 saturated heterocycles. The Morgan fingerprint density at radius 3 is 2.94 bits per heavy atom. The quantitative estimate of drug-likeness (QED) is 0.516. The van der Waals surface area contributed by atoms with E-state index in [1.165, 1.54) is 7.11 Å². The number of esters is 1. The molecule has 1 aromatic rings. The Balaban J connectivity index is 2.40. The zero-order chi connectivity index (χ0) is 12.0. The third-order valence-corrected chi connectivity index (χ3v) is 3.81. The summed E-state index contributed by atoms with van der Waals surface area (Å²) in [6.07, 6.45) is 0.436. The van der Waals surface area contributed by atoms with Gasteiger partial charge in [0.1, 0.15) is 0 Å². The van der Waals surface area contributed by atoms with Gasteiger partial charge in [-0.2, -0.15) is 11.8 Å². The fourth-order valence-corrected chi connectivity index (χ4v) is 2.85. The van der Waals surface area contributed by atoms with E-state index in [4.69, 9.17) is 5.73 Å². The van der Waals surface area contributed by atoms with E-state index in [9.17, 15) is 4.79 Å². The Hall–Kier alpha value is -0.680. The summed E-state index contributed by atoms with van der Waals surface area (Å²) in [5.41, 5.74) is 7.71. The maximum atomic E-state index is 10.9. The van der Waals surface area contributed by atoms with Gasteiger partial charge in [-0.25, -0.2) is 0 Å². The Bertz CT molecular complexity index is 351. The Morgan fingerprint density at radius 2 is 2.31 bits per heavy atom. The number of hydrogen-bond acceptors (Lipinski definition) is 4. The predicted molar refractivity (Wildman–Crippen MR) is 71.3 cm³/mol. The summed E-state index contributed by atoms with van der Waals surface area (Å²) in [4.78, 5) is 10.9. The third-order valence-electron chi connectivity index (χ3n) is 2.08. The topological polar surface area (TPSA) is 52.3 Å². The summed E-state index contributed by atoms with van der Waals surface area (Å²) in [5, 5.41) is 0. The summed E-state index contributed by atoms with van der Waals surface area (Å²) in [6, 6.07) is 5.75.